The molecule has 1 N–H and O–H groups in total. The van der Waals surface area contributed by atoms with E-state index in [0.717, 1.165) is 42.0 Å². The summed E-state index contributed by atoms with van der Waals surface area (Å²) in [7, 11) is 0. The van der Waals surface area contributed by atoms with Gasteiger partial charge in [-0.3, -0.25) is 14.5 Å². The molecule has 2 heterocycles. The number of nitrogens with one attached hydrogen (secondary N) is 1. The Morgan fingerprint density at radius 1 is 1.18 bits per heavy atom. The lowest BCUT2D eigenvalue weighted by molar-refractivity contribution is -0.123. The standard InChI is InChI=1S/C26H30BrN3O3/c1-19-10-14-29(15-11-19)13-5-12-28-25(31)18-30-22-8-2-3-9-23(22)33-24(26(30)32)17-20-6-4-7-21(27)16-20/h2-4,6-9,16-17,19H,5,10-15,18H2,1H3,(H,28,31)/b24-17+. The number of amides is 2. The molecule has 2 amide bonds. The number of rotatable bonds is 7. The van der Waals surface area contributed by atoms with Crippen LogP contribution >= 0.6 is 15.9 Å². The summed E-state index contributed by atoms with van der Waals surface area (Å²) >= 11 is 3.45. The Kier molecular flexibility index (Phi) is 7.83. The van der Waals surface area contributed by atoms with E-state index in [1.54, 1.807) is 18.2 Å². The fourth-order valence-electron chi connectivity index (χ4n) is 4.18. The minimum absolute atomic E-state index is 0.0454. The van der Waals surface area contributed by atoms with Crippen molar-refractivity contribution in [3.8, 4) is 5.75 Å². The minimum Gasteiger partial charge on any atom is -0.449 e. The van der Waals surface area contributed by atoms with Crippen LogP contribution in [0.2, 0.25) is 0 Å². The van der Waals surface area contributed by atoms with Crippen molar-refractivity contribution in [3.05, 3.63) is 64.3 Å². The molecule has 0 aromatic heterocycles. The third kappa shape index (κ3) is 6.24. The average Bonchev–Trinajstić information content (AvgIpc) is 2.81. The Morgan fingerprint density at radius 3 is 2.76 bits per heavy atom. The number of piperidine rings is 1. The number of carbonyl (C=O) groups excluding carboxylic acids is 2. The molecular formula is C26H30BrN3O3. The number of fused-ring (bicyclic) bond motifs is 1. The SMILES string of the molecule is CC1CCN(CCCNC(=O)CN2C(=O)/C(=C\c3cccc(Br)c3)Oc3ccccc32)CC1. The van der Waals surface area contributed by atoms with Gasteiger partial charge in [-0.25, -0.2) is 0 Å². The van der Waals surface area contributed by atoms with Gasteiger partial charge in [0.15, 0.2) is 11.5 Å². The topological polar surface area (TPSA) is 61.9 Å². The van der Waals surface area contributed by atoms with Gasteiger partial charge >= 0.3 is 0 Å². The highest BCUT2D eigenvalue weighted by atomic mass is 79.9. The molecule has 2 aliphatic rings. The normalized spacial score (nSPS) is 18.2. The van der Waals surface area contributed by atoms with Crippen molar-refractivity contribution in [1.29, 1.82) is 0 Å². The number of hydrogen-bond acceptors (Lipinski definition) is 4. The van der Waals surface area contributed by atoms with E-state index in [-0.39, 0.29) is 24.1 Å². The highest BCUT2D eigenvalue weighted by Crippen LogP contribution is 2.35. The summed E-state index contributed by atoms with van der Waals surface area (Å²) in [5, 5.41) is 2.98. The number of ether oxygens (including phenoxy) is 1. The largest absolute Gasteiger partial charge is 0.449 e. The molecule has 33 heavy (non-hydrogen) atoms. The van der Waals surface area contributed by atoms with Crippen LogP contribution in [-0.2, 0) is 9.59 Å². The minimum atomic E-state index is -0.328. The Bertz CT molecular complexity index is 1030. The van der Waals surface area contributed by atoms with Gasteiger partial charge in [0.1, 0.15) is 6.54 Å². The van der Waals surface area contributed by atoms with E-state index in [0.29, 0.717) is 18.0 Å². The molecule has 0 bridgehead atoms. The van der Waals surface area contributed by atoms with E-state index >= 15 is 0 Å². The molecule has 0 spiro atoms. The Labute approximate surface area is 203 Å². The zero-order valence-corrected chi connectivity index (χ0v) is 20.5. The van der Waals surface area contributed by atoms with Crippen molar-refractivity contribution < 1.29 is 14.3 Å². The molecule has 0 radical (unpaired) electrons. The summed E-state index contributed by atoms with van der Waals surface area (Å²) in [5.41, 5.74) is 1.44. The number of para-hydroxylation sites is 2. The molecule has 0 atom stereocenters. The number of hydrogen-bond donors (Lipinski definition) is 1. The van der Waals surface area contributed by atoms with Crippen molar-refractivity contribution in [2.24, 2.45) is 5.92 Å². The van der Waals surface area contributed by atoms with Crippen molar-refractivity contribution in [2.75, 3.05) is 37.6 Å². The van der Waals surface area contributed by atoms with Crippen LogP contribution in [0.1, 0.15) is 31.7 Å². The van der Waals surface area contributed by atoms with Gasteiger partial charge in [-0.15, -0.1) is 0 Å². The summed E-state index contributed by atoms with van der Waals surface area (Å²) in [4.78, 5) is 29.9. The zero-order chi connectivity index (χ0) is 23.2. The van der Waals surface area contributed by atoms with Crippen molar-refractivity contribution in [1.82, 2.24) is 10.2 Å². The summed E-state index contributed by atoms with van der Waals surface area (Å²) in [5.74, 6) is 1.07. The van der Waals surface area contributed by atoms with Crippen molar-refractivity contribution >= 4 is 39.5 Å². The highest BCUT2D eigenvalue weighted by molar-refractivity contribution is 9.10. The molecule has 2 aliphatic heterocycles. The van der Waals surface area contributed by atoms with Gasteiger partial charge in [-0.2, -0.15) is 0 Å². The third-order valence-electron chi connectivity index (χ3n) is 6.13. The Hall–Kier alpha value is -2.64. The maximum Gasteiger partial charge on any atom is 0.294 e. The fourth-order valence-corrected chi connectivity index (χ4v) is 4.60. The summed E-state index contributed by atoms with van der Waals surface area (Å²) in [6.45, 7) is 6.14. The van der Waals surface area contributed by atoms with Gasteiger partial charge in [-0.05, 0) is 80.7 Å². The zero-order valence-electron chi connectivity index (χ0n) is 18.9. The van der Waals surface area contributed by atoms with Gasteiger partial charge in [0.25, 0.3) is 5.91 Å². The van der Waals surface area contributed by atoms with E-state index in [4.69, 9.17) is 4.74 Å². The van der Waals surface area contributed by atoms with Crippen LogP contribution in [0, 0.1) is 5.92 Å². The summed E-state index contributed by atoms with van der Waals surface area (Å²) < 4.78 is 6.80. The maximum atomic E-state index is 13.2. The van der Waals surface area contributed by atoms with Crippen LogP contribution < -0.4 is 15.0 Å². The maximum absolute atomic E-state index is 13.2. The van der Waals surface area contributed by atoms with Gasteiger partial charge < -0.3 is 15.0 Å². The van der Waals surface area contributed by atoms with Crippen LogP contribution in [0.25, 0.3) is 6.08 Å². The van der Waals surface area contributed by atoms with Crippen LogP contribution in [0.3, 0.4) is 0 Å². The molecule has 0 saturated carbocycles. The van der Waals surface area contributed by atoms with Gasteiger partial charge in [0.2, 0.25) is 5.91 Å². The molecular weight excluding hydrogens is 482 g/mol. The van der Waals surface area contributed by atoms with Crippen LogP contribution in [-0.4, -0.2) is 49.4 Å². The molecule has 6 nitrogen and oxygen atoms in total. The smallest absolute Gasteiger partial charge is 0.294 e. The number of benzene rings is 2. The van der Waals surface area contributed by atoms with Crippen LogP contribution in [0.5, 0.6) is 5.75 Å². The number of carbonyl (C=O) groups is 2. The molecule has 1 saturated heterocycles. The Morgan fingerprint density at radius 2 is 1.97 bits per heavy atom. The monoisotopic (exact) mass is 511 g/mol. The van der Waals surface area contributed by atoms with Gasteiger partial charge in [-0.1, -0.05) is 47.1 Å². The number of halogens is 1. The van der Waals surface area contributed by atoms with E-state index in [1.165, 1.54) is 17.7 Å². The second-order valence-corrected chi connectivity index (χ2v) is 9.67. The summed E-state index contributed by atoms with van der Waals surface area (Å²) in [6.07, 6.45) is 5.11. The second kappa shape index (κ2) is 11.0. The van der Waals surface area contributed by atoms with Crippen molar-refractivity contribution in [3.63, 3.8) is 0 Å². The molecule has 174 valence electrons. The van der Waals surface area contributed by atoms with Crippen LogP contribution in [0.4, 0.5) is 5.69 Å². The fraction of sp³-hybridized carbons (Fsp3) is 0.385. The number of nitrogens with zero attached hydrogens (tertiary/aromatic N) is 2. The Balaban J connectivity index is 1.38. The van der Waals surface area contributed by atoms with Crippen molar-refractivity contribution in [2.45, 2.75) is 26.2 Å². The average molecular weight is 512 g/mol. The molecule has 7 heteroatoms. The van der Waals surface area contributed by atoms with Gasteiger partial charge in [0, 0.05) is 11.0 Å². The molecule has 0 unspecified atom stereocenters. The van der Waals surface area contributed by atoms with Crippen LogP contribution in [0.15, 0.2) is 58.8 Å². The first-order valence-electron chi connectivity index (χ1n) is 11.5. The van der Waals surface area contributed by atoms with E-state index in [2.05, 4.69) is 33.1 Å². The predicted octanol–water partition coefficient (Wildman–Crippen LogP) is 4.45. The second-order valence-electron chi connectivity index (χ2n) is 8.75. The lowest BCUT2D eigenvalue weighted by Crippen LogP contribution is -2.44. The first kappa shape index (κ1) is 23.5. The third-order valence-corrected chi connectivity index (χ3v) is 6.62. The van der Waals surface area contributed by atoms with E-state index < -0.39 is 0 Å². The molecule has 2 aromatic carbocycles. The first-order valence-corrected chi connectivity index (χ1v) is 12.3. The number of anilines is 1. The van der Waals surface area contributed by atoms with E-state index in [9.17, 15) is 9.59 Å². The lowest BCUT2D eigenvalue weighted by Gasteiger charge is -2.30. The summed E-state index contributed by atoms with van der Waals surface area (Å²) in [6, 6.07) is 14.9. The molecule has 2 aromatic rings. The lowest BCUT2D eigenvalue weighted by atomic mass is 9.99. The molecule has 1 fully saturated rings. The van der Waals surface area contributed by atoms with E-state index in [1.807, 2.05) is 36.4 Å². The highest BCUT2D eigenvalue weighted by Gasteiger charge is 2.31. The first-order chi connectivity index (χ1) is 16.0. The molecule has 4 rings (SSSR count). The quantitative estimate of drug-likeness (QED) is 0.440. The molecule has 0 aliphatic carbocycles. The van der Waals surface area contributed by atoms with Gasteiger partial charge in [0.05, 0.1) is 5.69 Å². The predicted molar refractivity (Wildman–Crippen MR) is 134 cm³/mol. The number of likely N-dealkylation sites (tertiary alicyclic amines) is 1.